The van der Waals surface area contributed by atoms with Gasteiger partial charge >= 0.3 is 0 Å². The monoisotopic (exact) mass is 164 g/mol. The van der Waals surface area contributed by atoms with Crippen LogP contribution in [-0.4, -0.2) is 0 Å². The van der Waals surface area contributed by atoms with Crippen molar-refractivity contribution in [3.05, 3.63) is 11.6 Å². The molecule has 1 fully saturated rings. The molecule has 1 saturated carbocycles. The first-order valence-corrected chi connectivity index (χ1v) is 5.55. The molecule has 2 atom stereocenters. The van der Waals surface area contributed by atoms with E-state index in [-0.39, 0.29) is 0 Å². The molecule has 0 aromatic rings. The zero-order valence-corrected chi connectivity index (χ0v) is 8.34. The first kappa shape index (κ1) is 8.34. The minimum Gasteiger partial charge on any atom is -0.0773 e. The third-order valence-corrected chi connectivity index (χ3v) is 3.82. The second kappa shape index (κ2) is 3.24. The maximum atomic E-state index is 2.50. The van der Waals surface area contributed by atoms with Crippen LogP contribution in [0.15, 0.2) is 11.6 Å². The topological polar surface area (TPSA) is 0 Å². The normalized spacial score (nSPS) is 32.1. The molecule has 2 aliphatic carbocycles. The first-order chi connectivity index (χ1) is 5.85. The highest BCUT2D eigenvalue weighted by Crippen LogP contribution is 2.51. The van der Waals surface area contributed by atoms with E-state index in [4.69, 9.17) is 0 Å². The lowest BCUT2D eigenvalue weighted by Gasteiger charge is -2.18. The lowest BCUT2D eigenvalue weighted by Crippen LogP contribution is -2.07. The molecule has 2 rings (SSSR count). The van der Waals surface area contributed by atoms with Crippen molar-refractivity contribution in [1.82, 2.24) is 0 Å². The van der Waals surface area contributed by atoms with Gasteiger partial charge in [-0.2, -0.15) is 0 Å². The molecule has 12 heavy (non-hydrogen) atoms. The van der Waals surface area contributed by atoms with E-state index < -0.39 is 0 Å². The molecule has 0 nitrogen and oxygen atoms in total. The van der Waals surface area contributed by atoms with E-state index in [0.29, 0.717) is 0 Å². The van der Waals surface area contributed by atoms with Crippen molar-refractivity contribution in [1.29, 1.82) is 0 Å². The van der Waals surface area contributed by atoms with Crippen molar-refractivity contribution in [2.45, 2.75) is 46.0 Å². The molecule has 0 heterocycles. The van der Waals surface area contributed by atoms with Crippen molar-refractivity contribution >= 4 is 0 Å². The van der Waals surface area contributed by atoms with Gasteiger partial charge in [-0.3, -0.25) is 0 Å². The molecule has 0 spiro atoms. The van der Waals surface area contributed by atoms with Crippen LogP contribution >= 0.6 is 0 Å². The maximum absolute atomic E-state index is 2.50. The predicted octanol–water partition coefficient (Wildman–Crippen LogP) is 3.78. The summed E-state index contributed by atoms with van der Waals surface area (Å²) >= 11 is 0. The van der Waals surface area contributed by atoms with Gasteiger partial charge in [0.1, 0.15) is 0 Å². The molecular weight excluding hydrogens is 144 g/mol. The lowest BCUT2D eigenvalue weighted by molar-refractivity contribution is 0.340. The number of rotatable bonds is 4. The Labute approximate surface area is 76.1 Å². The lowest BCUT2D eigenvalue weighted by atomic mass is 9.87. The van der Waals surface area contributed by atoms with Crippen LogP contribution in [0.4, 0.5) is 0 Å². The molecule has 2 unspecified atom stereocenters. The second-order valence-corrected chi connectivity index (χ2v) is 4.48. The average molecular weight is 164 g/mol. The number of allylic oxidation sites excluding steroid dienone is 2. The Morgan fingerprint density at radius 1 is 1.42 bits per heavy atom. The zero-order valence-electron chi connectivity index (χ0n) is 8.34. The third-order valence-electron chi connectivity index (χ3n) is 3.82. The summed E-state index contributed by atoms with van der Waals surface area (Å²) in [6, 6.07) is 0. The van der Waals surface area contributed by atoms with Gasteiger partial charge in [0, 0.05) is 5.92 Å². The van der Waals surface area contributed by atoms with Crippen molar-refractivity contribution in [2.75, 3.05) is 0 Å². The van der Waals surface area contributed by atoms with E-state index in [2.05, 4.69) is 19.9 Å². The van der Waals surface area contributed by atoms with E-state index in [9.17, 15) is 0 Å². The highest BCUT2D eigenvalue weighted by molar-refractivity contribution is 5.34. The SMILES string of the molecule is CCC(CC)CC1CCC2=CC21. The summed E-state index contributed by atoms with van der Waals surface area (Å²) in [5, 5.41) is 0. The molecule has 0 bridgehead atoms. The summed E-state index contributed by atoms with van der Waals surface area (Å²) in [7, 11) is 0. The molecule has 0 amide bonds. The molecule has 0 N–H and O–H groups in total. The Kier molecular flexibility index (Phi) is 2.25. The molecule has 0 aliphatic heterocycles. The quantitative estimate of drug-likeness (QED) is 0.555. The number of hydrogen-bond donors (Lipinski definition) is 0. The van der Waals surface area contributed by atoms with E-state index in [1.807, 2.05) is 0 Å². The predicted molar refractivity (Wildman–Crippen MR) is 53.0 cm³/mol. The van der Waals surface area contributed by atoms with Crippen molar-refractivity contribution in [3.63, 3.8) is 0 Å². The smallest absolute Gasteiger partial charge is 0.000834 e. The minimum absolute atomic E-state index is 0.977. The van der Waals surface area contributed by atoms with Gasteiger partial charge in [-0.05, 0) is 31.1 Å². The molecule has 0 radical (unpaired) electrons. The summed E-state index contributed by atoms with van der Waals surface area (Å²) < 4.78 is 0. The van der Waals surface area contributed by atoms with Gasteiger partial charge in [-0.1, -0.05) is 38.3 Å². The van der Waals surface area contributed by atoms with Crippen molar-refractivity contribution in [2.24, 2.45) is 17.8 Å². The van der Waals surface area contributed by atoms with E-state index in [0.717, 1.165) is 17.8 Å². The Morgan fingerprint density at radius 2 is 2.17 bits per heavy atom. The fourth-order valence-corrected chi connectivity index (χ4v) is 2.72. The Morgan fingerprint density at radius 3 is 2.58 bits per heavy atom. The number of hydrogen-bond acceptors (Lipinski definition) is 0. The van der Waals surface area contributed by atoms with Crippen molar-refractivity contribution < 1.29 is 0 Å². The van der Waals surface area contributed by atoms with Gasteiger partial charge in [-0.15, -0.1) is 0 Å². The first-order valence-electron chi connectivity index (χ1n) is 5.55. The fourth-order valence-electron chi connectivity index (χ4n) is 2.72. The van der Waals surface area contributed by atoms with E-state index in [1.54, 1.807) is 5.57 Å². The largest absolute Gasteiger partial charge is 0.0773 e. The van der Waals surface area contributed by atoms with Crippen molar-refractivity contribution in [3.8, 4) is 0 Å². The molecule has 68 valence electrons. The van der Waals surface area contributed by atoms with Gasteiger partial charge in [0.2, 0.25) is 0 Å². The van der Waals surface area contributed by atoms with Crippen LogP contribution in [-0.2, 0) is 0 Å². The summed E-state index contributed by atoms with van der Waals surface area (Å²) in [6.45, 7) is 4.68. The van der Waals surface area contributed by atoms with Crippen LogP contribution in [0.2, 0.25) is 0 Å². The average Bonchev–Trinajstić information content (AvgIpc) is 2.78. The highest BCUT2D eigenvalue weighted by Gasteiger charge is 2.38. The summed E-state index contributed by atoms with van der Waals surface area (Å²) in [6.07, 6.45) is 9.68. The Bertz CT molecular complexity index is 186. The number of fused-ring (bicyclic) bond motifs is 1. The third kappa shape index (κ3) is 1.44. The Hall–Kier alpha value is -0.260. The minimum atomic E-state index is 0.977. The summed E-state index contributed by atoms with van der Waals surface area (Å²) in [5.74, 6) is 3.03. The Balaban J connectivity index is 1.79. The van der Waals surface area contributed by atoms with Crippen LogP contribution < -0.4 is 0 Å². The second-order valence-electron chi connectivity index (χ2n) is 4.48. The standard InChI is InChI=1S/C12H20/c1-3-9(4-2)7-10-5-6-11-8-12(10)11/h8-10,12H,3-7H2,1-2H3. The molecule has 0 heteroatoms. The zero-order chi connectivity index (χ0) is 8.55. The molecule has 0 aromatic heterocycles. The fraction of sp³-hybridized carbons (Fsp3) is 0.833. The van der Waals surface area contributed by atoms with E-state index in [1.165, 1.54) is 32.1 Å². The summed E-state index contributed by atoms with van der Waals surface area (Å²) in [4.78, 5) is 0. The van der Waals surface area contributed by atoms with Crippen LogP contribution in [0.3, 0.4) is 0 Å². The maximum Gasteiger partial charge on any atom is 0.000834 e. The van der Waals surface area contributed by atoms with Crippen LogP contribution in [0.25, 0.3) is 0 Å². The molecule has 2 aliphatic rings. The van der Waals surface area contributed by atoms with Gasteiger partial charge in [0.25, 0.3) is 0 Å². The van der Waals surface area contributed by atoms with Crippen LogP contribution in [0.1, 0.15) is 46.0 Å². The van der Waals surface area contributed by atoms with Gasteiger partial charge in [-0.25, -0.2) is 0 Å². The molecule has 0 aromatic carbocycles. The van der Waals surface area contributed by atoms with E-state index >= 15 is 0 Å². The molecule has 0 saturated heterocycles. The van der Waals surface area contributed by atoms with Crippen LogP contribution in [0.5, 0.6) is 0 Å². The highest BCUT2D eigenvalue weighted by atomic mass is 14.4. The molecular formula is C12H20. The summed E-state index contributed by atoms with van der Waals surface area (Å²) in [5.41, 5.74) is 1.78. The van der Waals surface area contributed by atoms with Gasteiger partial charge < -0.3 is 0 Å². The van der Waals surface area contributed by atoms with Crippen LogP contribution in [0, 0.1) is 17.8 Å². The van der Waals surface area contributed by atoms with Gasteiger partial charge in [0.05, 0.1) is 0 Å². The van der Waals surface area contributed by atoms with Gasteiger partial charge in [0.15, 0.2) is 0 Å².